The third-order valence-electron chi connectivity index (χ3n) is 2.46. The van der Waals surface area contributed by atoms with Crippen molar-refractivity contribution in [3.05, 3.63) is 53.7 Å². The second-order valence-corrected chi connectivity index (χ2v) is 3.91. The molecule has 17 heavy (non-hydrogen) atoms. The summed E-state index contributed by atoms with van der Waals surface area (Å²) < 4.78 is 5.76. The number of aromatic nitrogens is 1. The van der Waals surface area contributed by atoms with E-state index >= 15 is 0 Å². The van der Waals surface area contributed by atoms with Gasteiger partial charge in [-0.25, -0.2) is 4.98 Å². The van der Waals surface area contributed by atoms with Crippen molar-refractivity contribution in [1.82, 2.24) is 10.3 Å². The summed E-state index contributed by atoms with van der Waals surface area (Å²) in [6.45, 7) is 2.82. The van der Waals surface area contributed by atoms with Crippen molar-refractivity contribution in [1.29, 1.82) is 0 Å². The highest BCUT2D eigenvalue weighted by molar-refractivity contribution is 5.34. The molecule has 0 saturated carbocycles. The Kier molecular flexibility index (Phi) is 3.73. The lowest BCUT2D eigenvalue weighted by atomic mass is 10.2. The maximum Gasteiger partial charge on any atom is 0.222 e. The summed E-state index contributed by atoms with van der Waals surface area (Å²) in [4.78, 5) is 4.21. The smallest absolute Gasteiger partial charge is 0.222 e. The SMILES string of the molecule is CNCc1cccc(Oc2ncccc2C)c1. The van der Waals surface area contributed by atoms with Gasteiger partial charge in [-0.3, -0.25) is 0 Å². The Hall–Kier alpha value is -1.87. The van der Waals surface area contributed by atoms with Gasteiger partial charge in [-0.05, 0) is 37.7 Å². The van der Waals surface area contributed by atoms with Crippen molar-refractivity contribution in [3.63, 3.8) is 0 Å². The molecule has 0 saturated heterocycles. The van der Waals surface area contributed by atoms with E-state index in [1.54, 1.807) is 6.20 Å². The number of rotatable bonds is 4. The number of nitrogens with zero attached hydrogens (tertiary/aromatic N) is 1. The van der Waals surface area contributed by atoms with Gasteiger partial charge in [0, 0.05) is 18.3 Å². The first-order chi connectivity index (χ1) is 8.29. The lowest BCUT2D eigenvalue weighted by Crippen LogP contribution is -2.04. The molecule has 1 heterocycles. The van der Waals surface area contributed by atoms with Crippen LogP contribution < -0.4 is 10.1 Å². The normalized spacial score (nSPS) is 10.2. The van der Waals surface area contributed by atoms with Gasteiger partial charge in [0.25, 0.3) is 0 Å². The summed E-state index contributed by atoms with van der Waals surface area (Å²) in [5.41, 5.74) is 2.23. The van der Waals surface area contributed by atoms with Crippen molar-refractivity contribution in [2.75, 3.05) is 7.05 Å². The molecule has 88 valence electrons. The highest BCUT2D eigenvalue weighted by Crippen LogP contribution is 2.22. The van der Waals surface area contributed by atoms with Crippen molar-refractivity contribution >= 4 is 0 Å². The minimum atomic E-state index is 0.661. The van der Waals surface area contributed by atoms with Crippen LogP contribution in [0.5, 0.6) is 11.6 Å². The van der Waals surface area contributed by atoms with Gasteiger partial charge in [-0.15, -0.1) is 0 Å². The van der Waals surface area contributed by atoms with Gasteiger partial charge < -0.3 is 10.1 Å². The molecule has 1 N–H and O–H groups in total. The third-order valence-corrected chi connectivity index (χ3v) is 2.46. The second kappa shape index (κ2) is 5.46. The Labute approximate surface area is 101 Å². The number of ether oxygens (including phenoxy) is 1. The Bertz CT molecular complexity index is 497. The summed E-state index contributed by atoms with van der Waals surface area (Å²) >= 11 is 0. The third kappa shape index (κ3) is 3.04. The Morgan fingerprint density at radius 1 is 1.24 bits per heavy atom. The van der Waals surface area contributed by atoms with E-state index in [0.29, 0.717) is 5.88 Å². The second-order valence-electron chi connectivity index (χ2n) is 3.91. The Morgan fingerprint density at radius 3 is 2.88 bits per heavy atom. The van der Waals surface area contributed by atoms with E-state index in [1.807, 2.05) is 44.3 Å². The molecule has 0 bridgehead atoms. The van der Waals surface area contributed by atoms with Crippen LogP contribution in [-0.2, 0) is 6.54 Å². The maximum absolute atomic E-state index is 5.76. The first kappa shape index (κ1) is 11.6. The quantitative estimate of drug-likeness (QED) is 0.873. The molecule has 2 rings (SSSR count). The van der Waals surface area contributed by atoms with Crippen molar-refractivity contribution in [2.45, 2.75) is 13.5 Å². The van der Waals surface area contributed by atoms with Gasteiger partial charge in [0.15, 0.2) is 0 Å². The Morgan fingerprint density at radius 2 is 2.12 bits per heavy atom. The van der Waals surface area contributed by atoms with Crippen LogP contribution in [-0.4, -0.2) is 12.0 Å². The molecule has 1 aromatic carbocycles. The molecular weight excluding hydrogens is 212 g/mol. The summed E-state index contributed by atoms with van der Waals surface area (Å²) in [7, 11) is 1.93. The highest BCUT2D eigenvalue weighted by atomic mass is 16.5. The zero-order chi connectivity index (χ0) is 12.1. The van der Waals surface area contributed by atoms with Gasteiger partial charge >= 0.3 is 0 Å². The fourth-order valence-electron chi connectivity index (χ4n) is 1.61. The summed E-state index contributed by atoms with van der Waals surface area (Å²) in [6, 6.07) is 11.9. The van der Waals surface area contributed by atoms with E-state index in [4.69, 9.17) is 4.74 Å². The molecular formula is C14H16N2O. The maximum atomic E-state index is 5.76. The highest BCUT2D eigenvalue weighted by Gasteiger charge is 2.02. The van der Waals surface area contributed by atoms with Gasteiger partial charge in [0.05, 0.1) is 0 Å². The monoisotopic (exact) mass is 228 g/mol. The molecule has 3 heteroatoms. The molecule has 0 amide bonds. The van der Waals surface area contributed by atoms with Gasteiger partial charge in [-0.2, -0.15) is 0 Å². The fourth-order valence-corrected chi connectivity index (χ4v) is 1.61. The average Bonchev–Trinajstić information content (AvgIpc) is 2.33. The minimum Gasteiger partial charge on any atom is -0.439 e. The van der Waals surface area contributed by atoms with Gasteiger partial charge in [-0.1, -0.05) is 18.2 Å². The standard InChI is InChI=1S/C14H16N2O/c1-11-5-4-8-16-14(11)17-13-7-3-6-12(9-13)10-15-2/h3-9,15H,10H2,1-2H3. The lowest BCUT2D eigenvalue weighted by molar-refractivity contribution is 0.458. The molecule has 0 aliphatic rings. The van der Waals surface area contributed by atoms with Crippen LogP contribution in [0.2, 0.25) is 0 Å². The molecule has 1 aromatic heterocycles. The minimum absolute atomic E-state index is 0.661. The summed E-state index contributed by atoms with van der Waals surface area (Å²) in [5.74, 6) is 1.48. The molecule has 0 spiro atoms. The predicted molar refractivity (Wildman–Crippen MR) is 68.3 cm³/mol. The largest absolute Gasteiger partial charge is 0.439 e. The van der Waals surface area contributed by atoms with Crippen LogP contribution in [0.3, 0.4) is 0 Å². The van der Waals surface area contributed by atoms with Crippen molar-refractivity contribution < 1.29 is 4.74 Å². The number of hydrogen-bond donors (Lipinski definition) is 1. The lowest BCUT2D eigenvalue weighted by Gasteiger charge is -2.08. The molecule has 0 atom stereocenters. The topological polar surface area (TPSA) is 34.1 Å². The number of pyridine rings is 1. The number of nitrogens with one attached hydrogen (secondary N) is 1. The molecule has 0 aliphatic carbocycles. The van der Waals surface area contributed by atoms with E-state index in [1.165, 1.54) is 5.56 Å². The van der Waals surface area contributed by atoms with E-state index in [9.17, 15) is 0 Å². The summed E-state index contributed by atoms with van der Waals surface area (Å²) in [6.07, 6.45) is 1.74. The van der Waals surface area contributed by atoms with Gasteiger partial charge in [0.2, 0.25) is 5.88 Å². The van der Waals surface area contributed by atoms with Gasteiger partial charge in [0.1, 0.15) is 5.75 Å². The molecule has 0 unspecified atom stereocenters. The predicted octanol–water partition coefficient (Wildman–Crippen LogP) is 2.90. The van der Waals surface area contributed by atoms with Crippen LogP contribution in [0.1, 0.15) is 11.1 Å². The van der Waals surface area contributed by atoms with E-state index in [0.717, 1.165) is 17.9 Å². The van der Waals surface area contributed by atoms with Crippen LogP contribution >= 0.6 is 0 Å². The van der Waals surface area contributed by atoms with Crippen LogP contribution in [0.15, 0.2) is 42.6 Å². The molecule has 0 radical (unpaired) electrons. The Balaban J connectivity index is 2.18. The summed E-state index contributed by atoms with van der Waals surface area (Å²) in [5, 5.41) is 3.12. The zero-order valence-electron chi connectivity index (χ0n) is 10.1. The van der Waals surface area contributed by atoms with Crippen LogP contribution in [0, 0.1) is 6.92 Å². The first-order valence-electron chi connectivity index (χ1n) is 5.62. The molecule has 0 fully saturated rings. The van der Waals surface area contributed by atoms with Crippen LogP contribution in [0.4, 0.5) is 0 Å². The van der Waals surface area contributed by atoms with Crippen molar-refractivity contribution in [3.8, 4) is 11.6 Å². The number of aryl methyl sites for hydroxylation is 1. The number of hydrogen-bond acceptors (Lipinski definition) is 3. The molecule has 2 aromatic rings. The first-order valence-corrected chi connectivity index (χ1v) is 5.62. The van der Waals surface area contributed by atoms with E-state index in [-0.39, 0.29) is 0 Å². The fraction of sp³-hybridized carbons (Fsp3) is 0.214. The zero-order valence-corrected chi connectivity index (χ0v) is 10.1. The number of benzene rings is 1. The average molecular weight is 228 g/mol. The molecule has 3 nitrogen and oxygen atoms in total. The van der Waals surface area contributed by atoms with Crippen LogP contribution in [0.25, 0.3) is 0 Å². The van der Waals surface area contributed by atoms with E-state index in [2.05, 4.69) is 16.4 Å². The molecule has 0 aliphatic heterocycles. The van der Waals surface area contributed by atoms with E-state index < -0.39 is 0 Å². The van der Waals surface area contributed by atoms with Crippen molar-refractivity contribution in [2.24, 2.45) is 0 Å².